The van der Waals surface area contributed by atoms with Crippen LogP contribution in [0.2, 0.25) is 0 Å². The minimum absolute atomic E-state index is 0.500. The first-order valence-electron chi connectivity index (χ1n) is 5.12. The van der Waals surface area contributed by atoms with Gasteiger partial charge in [-0.05, 0) is 31.0 Å². The smallest absolute Gasteiger partial charge is 0.124 e. The van der Waals surface area contributed by atoms with E-state index in [4.69, 9.17) is 0 Å². The highest BCUT2D eigenvalue weighted by molar-refractivity contribution is 5.88. The van der Waals surface area contributed by atoms with E-state index in [0.29, 0.717) is 6.42 Å². The van der Waals surface area contributed by atoms with Gasteiger partial charge >= 0.3 is 0 Å². The van der Waals surface area contributed by atoms with Gasteiger partial charge in [0.25, 0.3) is 0 Å². The number of aldehydes is 1. The summed E-state index contributed by atoms with van der Waals surface area (Å²) < 4.78 is 2.10. The molecule has 0 saturated carbocycles. The average molecular weight is 201 g/mol. The fourth-order valence-electron chi connectivity index (χ4n) is 2.29. The van der Waals surface area contributed by atoms with E-state index in [0.717, 1.165) is 11.8 Å². The van der Waals surface area contributed by atoms with Crippen molar-refractivity contribution in [2.75, 3.05) is 0 Å². The lowest BCUT2D eigenvalue weighted by atomic mass is 10.0. The van der Waals surface area contributed by atoms with Gasteiger partial charge in [-0.2, -0.15) is 0 Å². The summed E-state index contributed by atoms with van der Waals surface area (Å²) in [5.74, 6) is 0. The van der Waals surface area contributed by atoms with Gasteiger partial charge in [-0.25, -0.2) is 0 Å². The van der Waals surface area contributed by atoms with E-state index < -0.39 is 0 Å². The van der Waals surface area contributed by atoms with Crippen LogP contribution in [0.5, 0.6) is 0 Å². The van der Waals surface area contributed by atoms with Crippen molar-refractivity contribution in [3.63, 3.8) is 0 Å². The van der Waals surface area contributed by atoms with Crippen LogP contribution in [0.1, 0.15) is 16.7 Å². The third-order valence-electron chi connectivity index (χ3n) is 2.80. The average Bonchev–Trinajstić information content (AvgIpc) is 2.43. The van der Waals surface area contributed by atoms with Gasteiger partial charge in [0.15, 0.2) is 0 Å². The number of fused-ring (bicyclic) bond motifs is 1. The molecular formula is C13H15NO. The molecule has 1 aromatic heterocycles. The predicted molar refractivity (Wildman–Crippen MR) is 62.2 cm³/mol. The van der Waals surface area contributed by atoms with Gasteiger partial charge in [-0.15, -0.1) is 0 Å². The van der Waals surface area contributed by atoms with Crippen LogP contribution in [0.25, 0.3) is 10.9 Å². The van der Waals surface area contributed by atoms with Crippen molar-refractivity contribution < 1.29 is 4.79 Å². The normalized spacial score (nSPS) is 10.9. The van der Waals surface area contributed by atoms with Crippen molar-refractivity contribution in [3.8, 4) is 0 Å². The Morgan fingerprint density at radius 2 is 2.07 bits per heavy atom. The van der Waals surface area contributed by atoms with Gasteiger partial charge in [0.2, 0.25) is 0 Å². The summed E-state index contributed by atoms with van der Waals surface area (Å²) in [6, 6.07) is 4.33. The van der Waals surface area contributed by atoms with Gasteiger partial charge in [-0.1, -0.05) is 11.6 Å². The first-order valence-corrected chi connectivity index (χ1v) is 5.12. The molecule has 0 bridgehead atoms. The van der Waals surface area contributed by atoms with Crippen molar-refractivity contribution in [2.24, 2.45) is 7.05 Å². The summed E-state index contributed by atoms with van der Waals surface area (Å²) in [7, 11) is 2.03. The molecule has 2 rings (SSSR count). The molecule has 0 fully saturated rings. The molecule has 0 radical (unpaired) electrons. The maximum atomic E-state index is 10.6. The highest BCUT2D eigenvalue weighted by Crippen LogP contribution is 2.25. The van der Waals surface area contributed by atoms with Crippen LogP contribution in [0.3, 0.4) is 0 Å². The fraction of sp³-hybridized carbons (Fsp3) is 0.308. The maximum absolute atomic E-state index is 10.6. The minimum Gasteiger partial charge on any atom is -0.350 e. The number of carbonyl (C=O) groups excluding carboxylic acids is 1. The Bertz CT molecular complexity index is 523. The van der Waals surface area contributed by atoms with Gasteiger partial charge in [0.05, 0.1) is 5.52 Å². The number of rotatable bonds is 2. The highest BCUT2D eigenvalue weighted by atomic mass is 16.1. The van der Waals surface area contributed by atoms with Crippen LogP contribution in [-0.2, 0) is 18.3 Å². The molecular weight excluding hydrogens is 186 g/mol. The molecule has 0 aliphatic carbocycles. The van der Waals surface area contributed by atoms with Gasteiger partial charge in [0, 0.05) is 25.1 Å². The SMILES string of the molecule is Cc1cc(C)c2c(c1)c(CC=O)cn2C. The van der Waals surface area contributed by atoms with Gasteiger partial charge in [-0.3, -0.25) is 0 Å². The van der Waals surface area contributed by atoms with Gasteiger partial charge in [0.1, 0.15) is 6.29 Å². The molecule has 0 spiro atoms. The number of aromatic nitrogens is 1. The second-order valence-electron chi connectivity index (χ2n) is 4.11. The third kappa shape index (κ3) is 1.56. The van der Waals surface area contributed by atoms with E-state index >= 15 is 0 Å². The molecule has 2 nitrogen and oxygen atoms in total. The third-order valence-corrected chi connectivity index (χ3v) is 2.80. The molecule has 1 aromatic carbocycles. The van der Waals surface area contributed by atoms with Crippen LogP contribution in [0.4, 0.5) is 0 Å². The monoisotopic (exact) mass is 201 g/mol. The molecule has 0 amide bonds. The summed E-state index contributed by atoms with van der Waals surface area (Å²) in [5, 5.41) is 1.21. The summed E-state index contributed by atoms with van der Waals surface area (Å²) >= 11 is 0. The van der Waals surface area contributed by atoms with E-state index in [9.17, 15) is 4.79 Å². The highest BCUT2D eigenvalue weighted by Gasteiger charge is 2.08. The largest absolute Gasteiger partial charge is 0.350 e. The van der Waals surface area contributed by atoms with Crippen molar-refractivity contribution in [2.45, 2.75) is 20.3 Å². The number of hydrogen-bond acceptors (Lipinski definition) is 1. The quantitative estimate of drug-likeness (QED) is 0.684. The zero-order valence-electron chi connectivity index (χ0n) is 9.37. The summed E-state index contributed by atoms with van der Waals surface area (Å²) in [4.78, 5) is 10.6. The maximum Gasteiger partial charge on any atom is 0.124 e. The van der Waals surface area contributed by atoms with E-state index in [1.807, 2.05) is 13.2 Å². The lowest BCUT2D eigenvalue weighted by Gasteiger charge is -2.02. The summed E-state index contributed by atoms with van der Waals surface area (Å²) in [5.41, 5.74) is 4.87. The second-order valence-corrected chi connectivity index (χ2v) is 4.11. The molecule has 0 atom stereocenters. The Morgan fingerprint density at radius 3 is 2.73 bits per heavy atom. The van der Waals surface area contributed by atoms with Crippen LogP contribution in [-0.4, -0.2) is 10.9 Å². The molecule has 0 saturated heterocycles. The minimum atomic E-state index is 0.500. The number of nitrogens with zero attached hydrogens (tertiary/aromatic N) is 1. The molecule has 78 valence electrons. The molecule has 0 N–H and O–H groups in total. The van der Waals surface area contributed by atoms with E-state index in [-0.39, 0.29) is 0 Å². The van der Waals surface area contributed by atoms with Crippen LogP contribution in [0.15, 0.2) is 18.3 Å². The molecule has 15 heavy (non-hydrogen) atoms. The Kier molecular flexibility index (Phi) is 2.35. The predicted octanol–water partition coefficient (Wildman–Crippen LogP) is 2.54. The Hall–Kier alpha value is -1.57. The first kappa shape index (κ1) is 9.97. The van der Waals surface area contributed by atoms with Crippen molar-refractivity contribution in [3.05, 3.63) is 35.0 Å². The summed E-state index contributed by atoms with van der Waals surface area (Å²) in [6.07, 6.45) is 3.51. The topological polar surface area (TPSA) is 22.0 Å². The fourth-order valence-corrected chi connectivity index (χ4v) is 2.29. The second kappa shape index (κ2) is 3.54. The number of benzene rings is 1. The first-order chi connectivity index (χ1) is 7.13. The number of carbonyl (C=O) groups is 1. The van der Waals surface area contributed by atoms with E-state index in [1.165, 1.54) is 22.0 Å². The Morgan fingerprint density at radius 1 is 1.33 bits per heavy atom. The molecule has 0 aliphatic heterocycles. The van der Waals surface area contributed by atoms with Gasteiger partial charge < -0.3 is 9.36 Å². The van der Waals surface area contributed by atoms with Crippen LogP contribution >= 0.6 is 0 Å². The molecule has 1 heterocycles. The number of aryl methyl sites for hydroxylation is 3. The zero-order valence-corrected chi connectivity index (χ0v) is 9.37. The van der Waals surface area contributed by atoms with E-state index in [1.54, 1.807) is 0 Å². The van der Waals surface area contributed by atoms with Crippen LogP contribution < -0.4 is 0 Å². The van der Waals surface area contributed by atoms with E-state index in [2.05, 4.69) is 30.5 Å². The standard InChI is InChI=1S/C13H15NO/c1-9-6-10(2)13-12(7-9)11(4-5-15)8-14(13)3/h5-8H,4H2,1-3H3. The Balaban J connectivity index is 2.80. The molecule has 0 aliphatic rings. The van der Waals surface area contributed by atoms with Crippen molar-refractivity contribution >= 4 is 17.2 Å². The zero-order chi connectivity index (χ0) is 11.0. The lowest BCUT2D eigenvalue weighted by Crippen LogP contribution is -1.87. The molecule has 0 unspecified atom stereocenters. The molecule has 2 aromatic rings. The summed E-state index contributed by atoms with van der Waals surface area (Å²) in [6.45, 7) is 4.20. The van der Waals surface area contributed by atoms with Crippen molar-refractivity contribution in [1.82, 2.24) is 4.57 Å². The number of hydrogen-bond donors (Lipinski definition) is 0. The molecule has 2 heteroatoms. The van der Waals surface area contributed by atoms with Crippen LogP contribution in [0, 0.1) is 13.8 Å². The van der Waals surface area contributed by atoms with Crippen molar-refractivity contribution in [1.29, 1.82) is 0 Å². The Labute approximate surface area is 89.5 Å². The lowest BCUT2D eigenvalue weighted by molar-refractivity contribution is -0.107.